The van der Waals surface area contributed by atoms with Crippen molar-refractivity contribution in [1.82, 2.24) is 9.29 Å². The van der Waals surface area contributed by atoms with Gasteiger partial charge in [0.25, 0.3) is 0 Å². The third-order valence-electron chi connectivity index (χ3n) is 4.02. The Bertz CT molecular complexity index is 937. The summed E-state index contributed by atoms with van der Waals surface area (Å²) < 4.78 is 27.5. The Kier molecular flexibility index (Phi) is 2.99. The van der Waals surface area contributed by atoms with Crippen LogP contribution in [0, 0.1) is 0 Å². The maximum Gasteiger partial charge on any atom is 0.244 e. The first-order valence-corrected chi connectivity index (χ1v) is 8.51. The normalized spacial score (nSPS) is 15.1. The molecule has 0 saturated carbocycles. The second-order valence-corrected chi connectivity index (χ2v) is 7.27. The molecule has 5 heteroatoms. The Morgan fingerprint density at radius 3 is 2.59 bits per heavy atom. The summed E-state index contributed by atoms with van der Waals surface area (Å²) >= 11 is 0. The highest BCUT2D eigenvalue weighted by Gasteiger charge is 2.32. The fraction of sp³-hybridized carbons (Fsp3) is 0.118. The smallest absolute Gasteiger partial charge is 0.244 e. The van der Waals surface area contributed by atoms with Gasteiger partial charge < -0.3 is 0 Å². The number of pyridine rings is 1. The summed E-state index contributed by atoms with van der Waals surface area (Å²) in [5.74, 6) is 0. The standard InChI is InChI=1S/C17H14N2O2S/c20-22(21,19-11-14-7-4-10-18-16(14)12-19)17-9-3-6-13-5-1-2-8-15(13)17/h1-10H,11-12H2. The molecule has 0 amide bonds. The summed E-state index contributed by atoms with van der Waals surface area (Å²) in [5.41, 5.74) is 1.82. The van der Waals surface area contributed by atoms with Crippen LogP contribution in [-0.4, -0.2) is 17.7 Å². The summed E-state index contributed by atoms with van der Waals surface area (Å²) in [6, 6.07) is 16.7. The molecule has 0 spiro atoms. The molecule has 0 aliphatic carbocycles. The lowest BCUT2D eigenvalue weighted by Gasteiger charge is -2.17. The van der Waals surface area contributed by atoms with Gasteiger partial charge in [-0.3, -0.25) is 4.98 Å². The maximum atomic E-state index is 13.0. The molecule has 0 atom stereocenters. The van der Waals surface area contributed by atoms with Gasteiger partial charge in [-0.15, -0.1) is 0 Å². The zero-order chi connectivity index (χ0) is 15.2. The number of hydrogen-bond donors (Lipinski definition) is 0. The molecular weight excluding hydrogens is 296 g/mol. The molecule has 110 valence electrons. The van der Waals surface area contributed by atoms with Gasteiger partial charge in [-0.05, 0) is 23.1 Å². The maximum absolute atomic E-state index is 13.0. The molecular formula is C17H14N2O2S. The molecule has 4 rings (SSSR count). The molecule has 1 aliphatic rings. The molecule has 0 saturated heterocycles. The van der Waals surface area contributed by atoms with Crippen molar-refractivity contribution in [2.24, 2.45) is 0 Å². The van der Waals surface area contributed by atoms with Crippen LogP contribution in [-0.2, 0) is 23.1 Å². The van der Waals surface area contributed by atoms with E-state index in [-0.39, 0.29) is 0 Å². The van der Waals surface area contributed by atoms with Gasteiger partial charge in [-0.2, -0.15) is 4.31 Å². The van der Waals surface area contributed by atoms with Crippen molar-refractivity contribution >= 4 is 20.8 Å². The number of hydrogen-bond acceptors (Lipinski definition) is 3. The number of fused-ring (bicyclic) bond motifs is 2. The first kappa shape index (κ1) is 13.4. The van der Waals surface area contributed by atoms with Gasteiger partial charge in [0.05, 0.1) is 17.1 Å². The van der Waals surface area contributed by atoms with E-state index in [0.29, 0.717) is 18.0 Å². The average Bonchev–Trinajstić information content (AvgIpc) is 2.99. The lowest BCUT2D eigenvalue weighted by atomic mass is 10.1. The first-order valence-electron chi connectivity index (χ1n) is 7.07. The molecule has 0 bridgehead atoms. The van der Waals surface area contributed by atoms with Crippen molar-refractivity contribution in [3.05, 3.63) is 72.1 Å². The third-order valence-corrected chi connectivity index (χ3v) is 5.87. The Morgan fingerprint density at radius 1 is 0.909 bits per heavy atom. The van der Waals surface area contributed by atoms with Crippen molar-refractivity contribution in [2.75, 3.05) is 0 Å². The average molecular weight is 310 g/mol. The lowest BCUT2D eigenvalue weighted by molar-refractivity contribution is 0.430. The monoisotopic (exact) mass is 310 g/mol. The van der Waals surface area contributed by atoms with Gasteiger partial charge in [0.2, 0.25) is 10.0 Å². The summed E-state index contributed by atoms with van der Waals surface area (Å²) in [7, 11) is -3.54. The number of rotatable bonds is 2. The van der Waals surface area contributed by atoms with Gasteiger partial charge in [0.15, 0.2) is 0 Å². The molecule has 2 heterocycles. The van der Waals surface area contributed by atoms with E-state index in [0.717, 1.165) is 22.0 Å². The zero-order valence-electron chi connectivity index (χ0n) is 11.8. The van der Waals surface area contributed by atoms with Crippen molar-refractivity contribution < 1.29 is 8.42 Å². The highest BCUT2D eigenvalue weighted by atomic mass is 32.2. The molecule has 1 aromatic heterocycles. The van der Waals surface area contributed by atoms with Crippen LogP contribution < -0.4 is 0 Å². The molecule has 0 radical (unpaired) electrons. The SMILES string of the molecule is O=S(=O)(c1cccc2ccccc12)N1Cc2cccnc2C1. The van der Waals surface area contributed by atoms with E-state index < -0.39 is 10.0 Å². The first-order chi connectivity index (χ1) is 10.7. The highest BCUT2D eigenvalue weighted by molar-refractivity contribution is 7.89. The topological polar surface area (TPSA) is 50.3 Å². The van der Waals surface area contributed by atoms with Gasteiger partial charge in [0, 0.05) is 18.1 Å². The lowest BCUT2D eigenvalue weighted by Crippen LogP contribution is -2.25. The number of benzene rings is 2. The molecule has 0 fully saturated rings. The number of aromatic nitrogens is 1. The van der Waals surface area contributed by atoms with Crippen LogP contribution in [0.25, 0.3) is 10.8 Å². The molecule has 0 unspecified atom stereocenters. The van der Waals surface area contributed by atoms with Crippen molar-refractivity contribution in [2.45, 2.75) is 18.0 Å². The Balaban J connectivity index is 1.82. The van der Waals surface area contributed by atoms with Crippen molar-refractivity contribution in [1.29, 1.82) is 0 Å². The third kappa shape index (κ3) is 2.01. The number of sulfonamides is 1. The summed E-state index contributed by atoms with van der Waals surface area (Å²) in [4.78, 5) is 4.63. The molecule has 3 aromatic rings. The molecule has 4 nitrogen and oxygen atoms in total. The minimum atomic E-state index is -3.54. The van der Waals surface area contributed by atoms with E-state index in [1.165, 1.54) is 4.31 Å². The minimum Gasteiger partial charge on any atom is -0.260 e. The van der Waals surface area contributed by atoms with Crippen LogP contribution in [0.4, 0.5) is 0 Å². The van der Waals surface area contributed by atoms with Crippen molar-refractivity contribution in [3.63, 3.8) is 0 Å². The van der Waals surface area contributed by atoms with Crippen LogP contribution in [0.15, 0.2) is 65.7 Å². The molecule has 1 aliphatic heterocycles. The molecule has 2 aromatic carbocycles. The van der Waals surface area contributed by atoms with E-state index in [1.807, 2.05) is 42.5 Å². The Morgan fingerprint density at radius 2 is 1.73 bits per heavy atom. The number of nitrogens with zero attached hydrogens (tertiary/aromatic N) is 2. The predicted molar refractivity (Wildman–Crippen MR) is 84.6 cm³/mol. The van der Waals surface area contributed by atoms with E-state index in [1.54, 1.807) is 18.3 Å². The quantitative estimate of drug-likeness (QED) is 0.731. The second kappa shape index (κ2) is 4.90. The fourth-order valence-electron chi connectivity index (χ4n) is 2.90. The molecule has 0 N–H and O–H groups in total. The van der Waals surface area contributed by atoms with Crippen LogP contribution in [0.1, 0.15) is 11.3 Å². The van der Waals surface area contributed by atoms with Gasteiger partial charge in [-0.1, -0.05) is 42.5 Å². The van der Waals surface area contributed by atoms with Gasteiger partial charge in [-0.25, -0.2) is 8.42 Å². The zero-order valence-corrected chi connectivity index (χ0v) is 12.6. The van der Waals surface area contributed by atoms with Gasteiger partial charge in [0.1, 0.15) is 0 Å². The van der Waals surface area contributed by atoms with Gasteiger partial charge >= 0.3 is 0 Å². The Labute approximate surface area is 129 Å². The predicted octanol–water partition coefficient (Wildman–Crippen LogP) is 2.94. The van der Waals surface area contributed by atoms with Crippen LogP contribution >= 0.6 is 0 Å². The van der Waals surface area contributed by atoms with Crippen LogP contribution in [0.2, 0.25) is 0 Å². The largest absolute Gasteiger partial charge is 0.260 e. The summed E-state index contributed by atoms with van der Waals surface area (Å²) in [6.07, 6.45) is 1.70. The van der Waals surface area contributed by atoms with Crippen molar-refractivity contribution in [3.8, 4) is 0 Å². The van der Waals surface area contributed by atoms with E-state index in [9.17, 15) is 8.42 Å². The van der Waals surface area contributed by atoms with Crippen LogP contribution in [0.3, 0.4) is 0 Å². The van der Waals surface area contributed by atoms with E-state index in [2.05, 4.69) is 4.98 Å². The minimum absolute atomic E-state index is 0.335. The highest BCUT2D eigenvalue weighted by Crippen LogP contribution is 2.30. The fourth-order valence-corrected chi connectivity index (χ4v) is 4.49. The summed E-state index contributed by atoms with van der Waals surface area (Å²) in [6.45, 7) is 0.719. The summed E-state index contributed by atoms with van der Waals surface area (Å²) in [5, 5.41) is 1.69. The van der Waals surface area contributed by atoms with E-state index >= 15 is 0 Å². The van der Waals surface area contributed by atoms with Crippen LogP contribution in [0.5, 0.6) is 0 Å². The molecule has 22 heavy (non-hydrogen) atoms. The second-order valence-electron chi connectivity index (χ2n) is 5.36. The van der Waals surface area contributed by atoms with E-state index in [4.69, 9.17) is 0 Å². The Hall–Kier alpha value is -2.24.